The molecular formula is C15H23N3O. The van der Waals surface area contributed by atoms with Gasteiger partial charge in [0.2, 0.25) is 0 Å². The molecule has 1 fully saturated rings. The van der Waals surface area contributed by atoms with Gasteiger partial charge >= 0.3 is 0 Å². The second-order valence-electron chi connectivity index (χ2n) is 6.12. The van der Waals surface area contributed by atoms with Gasteiger partial charge < -0.3 is 10.1 Å². The Hall–Kier alpha value is -1.00. The topological polar surface area (TPSA) is 47.0 Å². The summed E-state index contributed by atoms with van der Waals surface area (Å²) in [4.78, 5) is 9.70. The van der Waals surface area contributed by atoms with Crippen LogP contribution in [0.1, 0.15) is 62.3 Å². The molecule has 0 radical (unpaired) electrons. The molecule has 4 nitrogen and oxygen atoms in total. The van der Waals surface area contributed by atoms with E-state index >= 15 is 0 Å². The van der Waals surface area contributed by atoms with E-state index in [1.807, 2.05) is 0 Å². The maximum absolute atomic E-state index is 5.91. The van der Waals surface area contributed by atoms with Crippen LogP contribution in [0.3, 0.4) is 0 Å². The zero-order chi connectivity index (χ0) is 13.5. The summed E-state index contributed by atoms with van der Waals surface area (Å²) < 4.78 is 5.91. The van der Waals surface area contributed by atoms with Crippen molar-refractivity contribution in [1.82, 2.24) is 15.3 Å². The van der Waals surface area contributed by atoms with Gasteiger partial charge in [-0.2, -0.15) is 0 Å². The Morgan fingerprint density at radius 1 is 1.32 bits per heavy atom. The molecule has 1 saturated heterocycles. The maximum Gasteiger partial charge on any atom is 0.160 e. The Labute approximate surface area is 115 Å². The van der Waals surface area contributed by atoms with E-state index in [0.717, 1.165) is 44.8 Å². The zero-order valence-electron chi connectivity index (χ0n) is 12.1. The summed E-state index contributed by atoms with van der Waals surface area (Å²) in [6, 6.07) is 0. The van der Waals surface area contributed by atoms with Gasteiger partial charge in [-0.3, -0.25) is 0 Å². The lowest BCUT2D eigenvalue weighted by Gasteiger charge is -2.27. The molecule has 19 heavy (non-hydrogen) atoms. The number of nitrogens with one attached hydrogen (secondary N) is 1. The van der Waals surface area contributed by atoms with Crippen molar-refractivity contribution in [2.24, 2.45) is 0 Å². The minimum Gasteiger partial charge on any atom is -0.367 e. The molecule has 3 heterocycles. The van der Waals surface area contributed by atoms with E-state index in [2.05, 4.69) is 26.1 Å². The van der Waals surface area contributed by atoms with Crippen LogP contribution in [-0.4, -0.2) is 23.1 Å². The first-order valence-corrected chi connectivity index (χ1v) is 7.35. The molecule has 0 aliphatic carbocycles. The van der Waals surface area contributed by atoms with E-state index in [1.165, 1.54) is 17.0 Å². The van der Waals surface area contributed by atoms with Crippen LogP contribution in [0.5, 0.6) is 0 Å². The van der Waals surface area contributed by atoms with Crippen LogP contribution < -0.4 is 5.32 Å². The summed E-state index contributed by atoms with van der Waals surface area (Å²) in [6.07, 6.45) is 3.14. The molecule has 104 valence electrons. The fourth-order valence-corrected chi connectivity index (χ4v) is 3.04. The summed E-state index contributed by atoms with van der Waals surface area (Å²) in [7, 11) is 0. The average molecular weight is 261 g/mol. The van der Waals surface area contributed by atoms with E-state index in [0.29, 0.717) is 5.92 Å². The maximum atomic E-state index is 5.91. The number of fused-ring (bicyclic) bond motifs is 1. The molecule has 0 bridgehead atoms. The quantitative estimate of drug-likeness (QED) is 0.887. The lowest BCUT2D eigenvalue weighted by atomic mass is 9.96. The first kappa shape index (κ1) is 13.0. The van der Waals surface area contributed by atoms with Gasteiger partial charge in [-0.15, -0.1) is 0 Å². The SMILES string of the molecule is CC(C)c1nc(C2(C)CCCO2)nc2c1CNCC2. The van der Waals surface area contributed by atoms with Gasteiger partial charge in [0.15, 0.2) is 5.82 Å². The van der Waals surface area contributed by atoms with E-state index in [-0.39, 0.29) is 5.60 Å². The molecule has 4 heteroatoms. The van der Waals surface area contributed by atoms with Crippen molar-refractivity contribution in [2.45, 2.75) is 58.1 Å². The van der Waals surface area contributed by atoms with Crippen LogP contribution in [0, 0.1) is 0 Å². The number of hydrogen-bond acceptors (Lipinski definition) is 4. The number of nitrogens with zero attached hydrogens (tertiary/aromatic N) is 2. The summed E-state index contributed by atoms with van der Waals surface area (Å²) >= 11 is 0. The molecule has 1 aromatic rings. The highest BCUT2D eigenvalue weighted by Gasteiger charge is 2.36. The molecule has 0 saturated carbocycles. The molecule has 2 aliphatic rings. The predicted molar refractivity (Wildman–Crippen MR) is 74.1 cm³/mol. The van der Waals surface area contributed by atoms with Gasteiger partial charge in [-0.05, 0) is 25.7 Å². The van der Waals surface area contributed by atoms with Crippen LogP contribution in [0.4, 0.5) is 0 Å². The van der Waals surface area contributed by atoms with Crippen molar-refractivity contribution < 1.29 is 4.74 Å². The molecule has 1 atom stereocenters. The molecular weight excluding hydrogens is 238 g/mol. The van der Waals surface area contributed by atoms with Gasteiger partial charge in [-0.1, -0.05) is 13.8 Å². The Bertz CT molecular complexity index is 479. The molecule has 1 aromatic heterocycles. The van der Waals surface area contributed by atoms with Crippen molar-refractivity contribution in [3.63, 3.8) is 0 Å². The Morgan fingerprint density at radius 2 is 2.16 bits per heavy atom. The van der Waals surface area contributed by atoms with Crippen molar-refractivity contribution >= 4 is 0 Å². The van der Waals surface area contributed by atoms with Crippen LogP contribution >= 0.6 is 0 Å². The van der Waals surface area contributed by atoms with E-state index < -0.39 is 0 Å². The second kappa shape index (κ2) is 4.84. The predicted octanol–water partition coefficient (Wildman–Crippen LogP) is 2.27. The van der Waals surface area contributed by atoms with Crippen molar-refractivity contribution in [2.75, 3.05) is 13.2 Å². The van der Waals surface area contributed by atoms with Crippen molar-refractivity contribution in [3.8, 4) is 0 Å². The van der Waals surface area contributed by atoms with E-state index in [1.54, 1.807) is 0 Å². The average Bonchev–Trinajstić information content (AvgIpc) is 2.85. The Morgan fingerprint density at radius 3 is 2.84 bits per heavy atom. The van der Waals surface area contributed by atoms with Gasteiger partial charge in [-0.25, -0.2) is 9.97 Å². The van der Waals surface area contributed by atoms with Crippen LogP contribution in [0.25, 0.3) is 0 Å². The number of hydrogen-bond donors (Lipinski definition) is 1. The molecule has 0 spiro atoms. The first-order chi connectivity index (χ1) is 9.10. The first-order valence-electron chi connectivity index (χ1n) is 7.35. The summed E-state index contributed by atoms with van der Waals surface area (Å²) in [5.74, 6) is 1.33. The van der Waals surface area contributed by atoms with Crippen LogP contribution in [0.15, 0.2) is 0 Å². The highest BCUT2D eigenvalue weighted by atomic mass is 16.5. The molecule has 3 rings (SSSR count). The smallest absolute Gasteiger partial charge is 0.160 e. The molecule has 2 aliphatic heterocycles. The zero-order valence-corrected chi connectivity index (χ0v) is 12.1. The van der Waals surface area contributed by atoms with Gasteiger partial charge in [0.25, 0.3) is 0 Å². The monoisotopic (exact) mass is 261 g/mol. The third kappa shape index (κ3) is 2.28. The van der Waals surface area contributed by atoms with Crippen molar-refractivity contribution in [3.05, 3.63) is 22.8 Å². The third-order valence-electron chi connectivity index (χ3n) is 4.20. The third-order valence-corrected chi connectivity index (χ3v) is 4.20. The molecule has 0 amide bonds. The van der Waals surface area contributed by atoms with Gasteiger partial charge in [0.1, 0.15) is 5.60 Å². The molecule has 1 unspecified atom stereocenters. The van der Waals surface area contributed by atoms with Crippen LogP contribution in [0.2, 0.25) is 0 Å². The fraction of sp³-hybridized carbons (Fsp3) is 0.733. The van der Waals surface area contributed by atoms with E-state index in [9.17, 15) is 0 Å². The largest absolute Gasteiger partial charge is 0.367 e. The summed E-state index contributed by atoms with van der Waals surface area (Å²) in [5, 5.41) is 3.42. The lowest BCUT2D eigenvalue weighted by molar-refractivity contribution is 0.00884. The van der Waals surface area contributed by atoms with Gasteiger partial charge in [0.05, 0.1) is 11.4 Å². The molecule has 1 N–H and O–H groups in total. The summed E-state index contributed by atoms with van der Waals surface area (Å²) in [5.41, 5.74) is 3.46. The minimum absolute atomic E-state index is 0.274. The lowest BCUT2D eigenvalue weighted by Crippen LogP contribution is -2.31. The standard InChI is InChI=1S/C15H23N3O/c1-10(2)13-11-9-16-7-5-12(11)17-14(18-13)15(3)6-4-8-19-15/h10,16H,4-9H2,1-3H3. The highest BCUT2D eigenvalue weighted by Crippen LogP contribution is 2.35. The Balaban J connectivity index is 2.09. The highest BCUT2D eigenvalue weighted by molar-refractivity contribution is 5.31. The summed E-state index contributed by atoms with van der Waals surface area (Å²) in [6.45, 7) is 9.29. The minimum atomic E-state index is -0.274. The number of aromatic nitrogens is 2. The van der Waals surface area contributed by atoms with Crippen molar-refractivity contribution in [1.29, 1.82) is 0 Å². The van der Waals surface area contributed by atoms with Gasteiger partial charge in [0, 0.05) is 31.7 Å². The second-order valence-corrected chi connectivity index (χ2v) is 6.12. The number of ether oxygens (including phenoxy) is 1. The Kier molecular flexibility index (Phi) is 3.31. The number of rotatable bonds is 2. The molecule has 0 aromatic carbocycles. The van der Waals surface area contributed by atoms with E-state index in [4.69, 9.17) is 14.7 Å². The van der Waals surface area contributed by atoms with Crippen LogP contribution in [-0.2, 0) is 23.3 Å². The fourth-order valence-electron chi connectivity index (χ4n) is 3.04. The normalized spacial score (nSPS) is 26.7.